The minimum Gasteiger partial charge on any atom is -0.464 e. The van der Waals surface area contributed by atoms with Crippen molar-refractivity contribution in [1.82, 2.24) is 19.9 Å². The number of fused-ring (bicyclic) bond motifs is 3. The molecule has 0 saturated carbocycles. The maximum atomic E-state index is 12.5. The van der Waals surface area contributed by atoms with Crippen molar-refractivity contribution < 1.29 is 8.83 Å². The summed E-state index contributed by atoms with van der Waals surface area (Å²) in [6, 6.07) is 7.17. The molecule has 0 spiro atoms. The fraction of sp³-hybridized carbons (Fsp3) is 0.0588. The molecule has 5 heterocycles. The van der Waals surface area contributed by atoms with Crippen molar-refractivity contribution in [1.29, 1.82) is 0 Å². The zero-order valence-corrected chi connectivity index (χ0v) is 14.3. The predicted molar refractivity (Wildman–Crippen MR) is 97.3 cm³/mol. The highest BCUT2D eigenvalue weighted by molar-refractivity contribution is 7.25. The molecule has 5 aromatic heterocycles. The molecular weight excluding hydrogens is 354 g/mol. The first-order chi connectivity index (χ1) is 12.6. The Bertz CT molecular complexity index is 1320. The molecule has 0 aliphatic carbocycles. The minimum absolute atomic E-state index is 0.319. The van der Waals surface area contributed by atoms with Gasteiger partial charge in [0.05, 0.1) is 29.0 Å². The zero-order valence-electron chi connectivity index (χ0n) is 13.5. The van der Waals surface area contributed by atoms with Crippen LogP contribution in [0, 0.1) is 6.92 Å². The van der Waals surface area contributed by atoms with Gasteiger partial charge >= 0.3 is 0 Å². The summed E-state index contributed by atoms with van der Waals surface area (Å²) in [5, 5.41) is 9.29. The van der Waals surface area contributed by atoms with Crippen LogP contribution in [0.3, 0.4) is 0 Å². The lowest BCUT2D eigenvalue weighted by atomic mass is 10.1. The molecule has 0 unspecified atom stereocenters. The molecule has 0 atom stereocenters. The molecule has 0 bridgehead atoms. The smallest absolute Gasteiger partial charge is 0.289 e. The average molecular weight is 365 g/mol. The van der Waals surface area contributed by atoms with Crippen LogP contribution >= 0.6 is 11.3 Å². The van der Waals surface area contributed by atoms with Crippen molar-refractivity contribution in [3.8, 4) is 22.8 Å². The fourth-order valence-electron chi connectivity index (χ4n) is 2.94. The summed E-state index contributed by atoms with van der Waals surface area (Å²) in [6.45, 7) is 1.68. The van der Waals surface area contributed by atoms with Crippen molar-refractivity contribution in [3.63, 3.8) is 0 Å². The van der Waals surface area contributed by atoms with Gasteiger partial charge in [-0.25, -0.2) is 9.66 Å². The molecule has 9 heteroatoms. The molecule has 0 amide bonds. The lowest BCUT2D eigenvalue weighted by molar-refractivity contribution is 0.573. The molecule has 128 valence electrons. The molecule has 0 radical (unpaired) electrons. The van der Waals surface area contributed by atoms with Gasteiger partial charge in [0, 0.05) is 0 Å². The van der Waals surface area contributed by atoms with Crippen molar-refractivity contribution in [2.75, 3.05) is 5.84 Å². The number of hydrogen-bond donors (Lipinski definition) is 1. The molecule has 26 heavy (non-hydrogen) atoms. The summed E-state index contributed by atoms with van der Waals surface area (Å²) in [4.78, 5) is 17.7. The molecule has 0 aliphatic rings. The number of aryl methyl sites for hydroxylation is 1. The van der Waals surface area contributed by atoms with E-state index in [1.807, 2.05) is 6.07 Å². The highest BCUT2D eigenvalue weighted by atomic mass is 32.1. The van der Waals surface area contributed by atoms with Gasteiger partial charge in [0.25, 0.3) is 5.56 Å². The molecule has 2 N–H and O–H groups in total. The van der Waals surface area contributed by atoms with E-state index >= 15 is 0 Å². The summed E-state index contributed by atoms with van der Waals surface area (Å²) < 4.78 is 12.6. The summed E-state index contributed by atoms with van der Waals surface area (Å²) in [5.41, 5.74) is 1.42. The zero-order chi connectivity index (χ0) is 17.8. The van der Waals surface area contributed by atoms with E-state index in [2.05, 4.69) is 15.2 Å². The van der Waals surface area contributed by atoms with Crippen molar-refractivity contribution in [2.24, 2.45) is 0 Å². The maximum absolute atomic E-state index is 12.5. The summed E-state index contributed by atoms with van der Waals surface area (Å²) in [5.74, 6) is 7.33. The number of hydrogen-bond acceptors (Lipinski definition) is 8. The average Bonchev–Trinajstić information content (AvgIpc) is 3.39. The van der Waals surface area contributed by atoms with Crippen LogP contribution in [0.5, 0.6) is 0 Å². The standard InChI is InChI=1S/C17H11N5O3S/c1-8-19-14-12-11(9-4-2-6-24-9)13(10-5-3-7-25-10)20-21-16(12)26-15(14)17(23)22(8)18/h2-7H,18H2,1H3. The van der Waals surface area contributed by atoms with E-state index in [-0.39, 0.29) is 5.56 Å². The van der Waals surface area contributed by atoms with Crippen molar-refractivity contribution in [2.45, 2.75) is 6.92 Å². The second-order valence-corrected chi connectivity index (χ2v) is 6.67. The number of nitrogen functional groups attached to an aromatic ring is 1. The van der Waals surface area contributed by atoms with E-state index in [1.165, 1.54) is 11.3 Å². The number of nitrogens with two attached hydrogens (primary N) is 1. The lowest BCUT2D eigenvalue weighted by Gasteiger charge is -2.06. The number of aromatic nitrogens is 4. The molecule has 0 aliphatic heterocycles. The maximum Gasteiger partial charge on any atom is 0.289 e. The molecule has 5 rings (SSSR count). The van der Waals surface area contributed by atoms with E-state index < -0.39 is 0 Å². The van der Waals surface area contributed by atoms with Gasteiger partial charge < -0.3 is 14.7 Å². The second kappa shape index (κ2) is 5.27. The predicted octanol–water partition coefficient (Wildman–Crippen LogP) is 2.94. The largest absolute Gasteiger partial charge is 0.464 e. The summed E-state index contributed by atoms with van der Waals surface area (Å²) in [6.07, 6.45) is 3.14. The fourth-order valence-corrected chi connectivity index (χ4v) is 3.95. The molecule has 8 nitrogen and oxygen atoms in total. The van der Waals surface area contributed by atoms with Crippen LogP contribution in [0.2, 0.25) is 0 Å². The summed E-state index contributed by atoms with van der Waals surface area (Å²) in [7, 11) is 0. The number of thiophene rings is 1. The first kappa shape index (κ1) is 14.8. The van der Waals surface area contributed by atoms with Crippen LogP contribution in [-0.4, -0.2) is 19.9 Å². The van der Waals surface area contributed by atoms with Gasteiger partial charge in [0.15, 0.2) is 5.76 Å². The van der Waals surface area contributed by atoms with Gasteiger partial charge in [-0.3, -0.25) is 4.79 Å². The van der Waals surface area contributed by atoms with Crippen LogP contribution in [0.15, 0.2) is 50.4 Å². The Labute approximate surface area is 149 Å². The summed E-state index contributed by atoms with van der Waals surface area (Å²) >= 11 is 1.21. The highest BCUT2D eigenvalue weighted by Crippen LogP contribution is 2.41. The Hall–Kier alpha value is -3.46. The van der Waals surface area contributed by atoms with Crippen molar-refractivity contribution >= 4 is 31.8 Å². The first-order valence-corrected chi connectivity index (χ1v) is 8.52. The third-order valence-electron chi connectivity index (χ3n) is 4.15. The first-order valence-electron chi connectivity index (χ1n) is 7.70. The van der Waals surface area contributed by atoms with Crippen LogP contribution < -0.4 is 11.4 Å². The Morgan fingerprint density at radius 2 is 1.85 bits per heavy atom. The van der Waals surface area contributed by atoms with Gasteiger partial charge in [0.2, 0.25) is 0 Å². The van der Waals surface area contributed by atoms with E-state index in [1.54, 1.807) is 37.6 Å². The minimum atomic E-state index is -0.319. The van der Waals surface area contributed by atoms with Crippen LogP contribution in [0.1, 0.15) is 5.82 Å². The second-order valence-electron chi connectivity index (χ2n) is 5.67. The van der Waals surface area contributed by atoms with E-state index in [0.29, 0.717) is 49.0 Å². The van der Waals surface area contributed by atoms with Gasteiger partial charge in [-0.2, -0.15) is 0 Å². The van der Waals surface area contributed by atoms with Crippen LogP contribution in [0.4, 0.5) is 0 Å². The molecule has 0 saturated heterocycles. The number of furan rings is 2. The molecule has 5 aromatic rings. The Morgan fingerprint density at radius 1 is 1.12 bits per heavy atom. The normalized spacial score (nSPS) is 11.6. The molecular formula is C17H11N5O3S. The lowest BCUT2D eigenvalue weighted by Crippen LogP contribution is -2.29. The van der Waals surface area contributed by atoms with Gasteiger partial charge in [-0.1, -0.05) is 0 Å². The third-order valence-corrected chi connectivity index (χ3v) is 5.20. The topological polar surface area (TPSA) is 113 Å². The Morgan fingerprint density at radius 3 is 2.54 bits per heavy atom. The van der Waals surface area contributed by atoms with Crippen molar-refractivity contribution in [3.05, 3.63) is 53.0 Å². The van der Waals surface area contributed by atoms with Crippen LogP contribution in [-0.2, 0) is 0 Å². The van der Waals surface area contributed by atoms with E-state index in [0.717, 1.165) is 4.68 Å². The van der Waals surface area contributed by atoms with Gasteiger partial charge in [0.1, 0.15) is 26.8 Å². The quantitative estimate of drug-likeness (QED) is 0.478. The van der Waals surface area contributed by atoms with E-state index in [9.17, 15) is 4.79 Å². The van der Waals surface area contributed by atoms with Gasteiger partial charge in [-0.15, -0.1) is 21.5 Å². The number of nitrogens with zero attached hydrogens (tertiary/aromatic N) is 4. The number of rotatable bonds is 2. The highest BCUT2D eigenvalue weighted by Gasteiger charge is 2.24. The molecule has 0 fully saturated rings. The Kier molecular flexibility index (Phi) is 3.01. The monoisotopic (exact) mass is 365 g/mol. The third kappa shape index (κ3) is 1.94. The van der Waals surface area contributed by atoms with Gasteiger partial charge in [-0.05, 0) is 31.2 Å². The van der Waals surface area contributed by atoms with E-state index in [4.69, 9.17) is 14.7 Å². The van der Waals surface area contributed by atoms with Crippen LogP contribution in [0.25, 0.3) is 43.2 Å². The SMILES string of the molecule is Cc1nc2c(sc3nnc(-c4ccco4)c(-c4ccco4)c32)c(=O)n1N. The molecule has 0 aromatic carbocycles. The Balaban J connectivity index is 2.02.